The van der Waals surface area contributed by atoms with E-state index in [1.165, 1.54) is 4.90 Å². The van der Waals surface area contributed by atoms with Gasteiger partial charge in [0.15, 0.2) is 0 Å². The minimum absolute atomic E-state index is 0.142. The number of hydrogen-bond acceptors (Lipinski definition) is 3. The fourth-order valence-corrected chi connectivity index (χ4v) is 2.21. The third kappa shape index (κ3) is 2.01. The first-order chi connectivity index (χ1) is 9.15. The third-order valence-corrected chi connectivity index (χ3v) is 3.33. The number of rotatable bonds is 2. The van der Waals surface area contributed by atoms with Crippen molar-refractivity contribution in [3.8, 4) is 5.69 Å². The Morgan fingerprint density at radius 1 is 1.32 bits per heavy atom. The van der Waals surface area contributed by atoms with Crippen molar-refractivity contribution in [1.82, 2.24) is 14.7 Å². The number of nitrogen functional groups attached to an aromatic ring is 1. The maximum Gasteiger partial charge on any atom is 0.407 e. The van der Waals surface area contributed by atoms with Gasteiger partial charge in [-0.3, -0.25) is 0 Å². The van der Waals surface area contributed by atoms with E-state index in [1.807, 2.05) is 36.4 Å². The number of likely N-dealkylation sites (tertiary alicyclic amines) is 1. The van der Waals surface area contributed by atoms with Crippen LogP contribution in [0.2, 0.25) is 0 Å². The maximum atomic E-state index is 10.7. The SMILES string of the molecule is Nc1cc(C2CN(C(=O)O)C2)nn1-c1ccccc1. The molecule has 1 aliphatic heterocycles. The molecule has 3 rings (SSSR count). The molecule has 1 aromatic heterocycles. The number of benzene rings is 1. The highest BCUT2D eigenvalue weighted by molar-refractivity contribution is 5.66. The summed E-state index contributed by atoms with van der Waals surface area (Å²) in [6.07, 6.45) is -0.883. The Morgan fingerprint density at radius 3 is 2.63 bits per heavy atom. The maximum absolute atomic E-state index is 10.7. The summed E-state index contributed by atoms with van der Waals surface area (Å²) in [6, 6.07) is 11.4. The summed E-state index contributed by atoms with van der Waals surface area (Å²) in [5.74, 6) is 0.707. The van der Waals surface area contributed by atoms with Crippen molar-refractivity contribution in [3.05, 3.63) is 42.1 Å². The second-order valence-electron chi connectivity index (χ2n) is 4.63. The molecule has 98 valence electrons. The number of nitrogens with zero attached hydrogens (tertiary/aromatic N) is 3. The topological polar surface area (TPSA) is 84.4 Å². The first-order valence-corrected chi connectivity index (χ1v) is 6.04. The number of anilines is 1. The van der Waals surface area contributed by atoms with Crippen LogP contribution < -0.4 is 5.73 Å². The fraction of sp³-hybridized carbons (Fsp3) is 0.231. The summed E-state index contributed by atoms with van der Waals surface area (Å²) in [7, 11) is 0. The molecule has 6 nitrogen and oxygen atoms in total. The van der Waals surface area contributed by atoms with E-state index in [9.17, 15) is 4.79 Å². The minimum atomic E-state index is -0.883. The van der Waals surface area contributed by atoms with E-state index in [1.54, 1.807) is 4.68 Å². The van der Waals surface area contributed by atoms with Crippen LogP contribution in [0, 0.1) is 0 Å². The Hall–Kier alpha value is -2.50. The van der Waals surface area contributed by atoms with Crippen molar-refractivity contribution in [2.24, 2.45) is 0 Å². The van der Waals surface area contributed by atoms with E-state index >= 15 is 0 Å². The van der Waals surface area contributed by atoms with Crippen LogP contribution in [0.1, 0.15) is 11.6 Å². The standard InChI is InChI=1S/C13H14N4O2/c14-12-6-11(9-7-16(8-9)13(18)19)15-17(12)10-4-2-1-3-5-10/h1-6,9H,7-8,14H2,(H,18,19). The highest BCUT2D eigenvalue weighted by Crippen LogP contribution is 2.28. The zero-order chi connectivity index (χ0) is 13.4. The van der Waals surface area contributed by atoms with Crippen molar-refractivity contribution >= 4 is 11.9 Å². The fourth-order valence-electron chi connectivity index (χ4n) is 2.21. The minimum Gasteiger partial charge on any atom is -0.465 e. The summed E-state index contributed by atoms with van der Waals surface area (Å²) in [6.45, 7) is 0.973. The van der Waals surface area contributed by atoms with E-state index in [0.29, 0.717) is 18.9 Å². The zero-order valence-corrected chi connectivity index (χ0v) is 10.2. The Kier molecular flexibility index (Phi) is 2.63. The van der Waals surface area contributed by atoms with Gasteiger partial charge in [0.05, 0.1) is 11.4 Å². The van der Waals surface area contributed by atoms with E-state index < -0.39 is 6.09 Å². The highest BCUT2D eigenvalue weighted by atomic mass is 16.4. The lowest BCUT2D eigenvalue weighted by molar-refractivity contribution is 0.104. The molecule has 1 saturated heterocycles. The molecule has 3 N–H and O–H groups in total. The van der Waals surface area contributed by atoms with Crippen LogP contribution in [0.15, 0.2) is 36.4 Å². The average Bonchev–Trinajstić information content (AvgIpc) is 2.70. The molecule has 0 unspecified atom stereocenters. The lowest BCUT2D eigenvalue weighted by atomic mass is 9.97. The largest absolute Gasteiger partial charge is 0.465 e. The number of amides is 1. The van der Waals surface area contributed by atoms with Gasteiger partial charge in [-0.25, -0.2) is 9.48 Å². The number of nitrogens with two attached hydrogens (primary N) is 1. The second-order valence-corrected chi connectivity index (χ2v) is 4.63. The summed E-state index contributed by atoms with van der Waals surface area (Å²) in [5.41, 5.74) is 7.70. The van der Waals surface area contributed by atoms with Crippen LogP contribution in [-0.4, -0.2) is 39.0 Å². The van der Waals surface area contributed by atoms with Gasteiger partial charge in [-0.05, 0) is 12.1 Å². The molecule has 0 bridgehead atoms. The molecule has 6 heteroatoms. The van der Waals surface area contributed by atoms with Crippen molar-refractivity contribution in [1.29, 1.82) is 0 Å². The van der Waals surface area contributed by atoms with Crippen LogP contribution in [-0.2, 0) is 0 Å². The average molecular weight is 258 g/mol. The lowest BCUT2D eigenvalue weighted by Crippen LogP contribution is -2.47. The lowest BCUT2D eigenvalue weighted by Gasteiger charge is -2.35. The monoisotopic (exact) mass is 258 g/mol. The van der Waals surface area contributed by atoms with Crippen LogP contribution in [0.3, 0.4) is 0 Å². The second kappa shape index (κ2) is 4.31. The molecule has 0 aliphatic carbocycles. The Balaban J connectivity index is 1.82. The van der Waals surface area contributed by atoms with Gasteiger partial charge >= 0.3 is 6.09 Å². The van der Waals surface area contributed by atoms with Crippen molar-refractivity contribution in [2.75, 3.05) is 18.8 Å². The van der Waals surface area contributed by atoms with E-state index in [0.717, 1.165) is 11.4 Å². The van der Waals surface area contributed by atoms with Crippen LogP contribution in [0.5, 0.6) is 0 Å². The molecule has 0 atom stereocenters. The van der Waals surface area contributed by atoms with Gasteiger partial charge in [0, 0.05) is 25.1 Å². The normalized spacial score (nSPS) is 15.3. The van der Waals surface area contributed by atoms with Crippen molar-refractivity contribution < 1.29 is 9.90 Å². The molecule has 1 aliphatic rings. The van der Waals surface area contributed by atoms with Crippen LogP contribution in [0.4, 0.5) is 10.6 Å². The molecule has 2 heterocycles. The first kappa shape index (κ1) is 11.6. The molecule has 0 radical (unpaired) electrons. The van der Waals surface area contributed by atoms with Gasteiger partial charge in [0.2, 0.25) is 0 Å². The van der Waals surface area contributed by atoms with Gasteiger partial charge in [-0.15, -0.1) is 0 Å². The smallest absolute Gasteiger partial charge is 0.407 e. The summed E-state index contributed by atoms with van der Waals surface area (Å²) >= 11 is 0. The molecule has 1 amide bonds. The molecule has 19 heavy (non-hydrogen) atoms. The van der Waals surface area contributed by atoms with Crippen molar-refractivity contribution in [2.45, 2.75) is 5.92 Å². The highest BCUT2D eigenvalue weighted by Gasteiger charge is 2.33. The quantitative estimate of drug-likeness (QED) is 0.855. The number of carbonyl (C=O) groups is 1. The predicted octanol–water partition coefficient (Wildman–Crippen LogP) is 1.53. The number of aromatic nitrogens is 2. The Morgan fingerprint density at radius 2 is 2.00 bits per heavy atom. The summed E-state index contributed by atoms with van der Waals surface area (Å²) < 4.78 is 1.68. The van der Waals surface area contributed by atoms with Gasteiger partial charge in [-0.1, -0.05) is 18.2 Å². The molecule has 1 fully saturated rings. The van der Waals surface area contributed by atoms with Gasteiger partial charge < -0.3 is 15.7 Å². The Bertz CT molecular complexity index is 602. The molecule has 0 spiro atoms. The number of para-hydroxylation sites is 1. The zero-order valence-electron chi connectivity index (χ0n) is 10.2. The molecule has 2 aromatic rings. The van der Waals surface area contributed by atoms with E-state index in [-0.39, 0.29) is 5.92 Å². The number of carboxylic acid groups (broad SMARTS) is 1. The van der Waals surface area contributed by atoms with Gasteiger partial charge in [0.25, 0.3) is 0 Å². The van der Waals surface area contributed by atoms with Crippen LogP contribution in [0.25, 0.3) is 5.69 Å². The Labute approximate surface area is 110 Å². The van der Waals surface area contributed by atoms with E-state index in [2.05, 4.69) is 5.10 Å². The molecule has 1 aromatic carbocycles. The van der Waals surface area contributed by atoms with Gasteiger partial charge in [-0.2, -0.15) is 5.10 Å². The predicted molar refractivity (Wildman–Crippen MR) is 70.3 cm³/mol. The van der Waals surface area contributed by atoms with Crippen molar-refractivity contribution in [3.63, 3.8) is 0 Å². The molecular formula is C13H14N4O2. The first-order valence-electron chi connectivity index (χ1n) is 6.04. The van der Waals surface area contributed by atoms with Crippen LogP contribution >= 0.6 is 0 Å². The third-order valence-electron chi connectivity index (χ3n) is 3.33. The van der Waals surface area contributed by atoms with E-state index in [4.69, 9.17) is 10.8 Å². The molecular weight excluding hydrogens is 244 g/mol. The van der Waals surface area contributed by atoms with Gasteiger partial charge in [0.1, 0.15) is 5.82 Å². The number of hydrogen-bond donors (Lipinski definition) is 2. The molecule has 0 saturated carbocycles. The summed E-state index contributed by atoms with van der Waals surface area (Å²) in [4.78, 5) is 12.1. The summed E-state index contributed by atoms with van der Waals surface area (Å²) in [5, 5.41) is 13.3.